The zero-order valence-electron chi connectivity index (χ0n) is 15.8. The molecular formula is C18H22F6N4O. The highest BCUT2D eigenvalue weighted by molar-refractivity contribution is 5.81. The summed E-state index contributed by atoms with van der Waals surface area (Å²) in [5.41, 5.74) is 1.69. The van der Waals surface area contributed by atoms with Crippen molar-refractivity contribution in [2.75, 3.05) is 6.54 Å². The number of H-pyrrole nitrogens is 1. The van der Waals surface area contributed by atoms with Crippen LogP contribution in [0.3, 0.4) is 0 Å². The van der Waals surface area contributed by atoms with E-state index in [9.17, 15) is 31.1 Å². The molecule has 162 valence electrons. The van der Waals surface area contributed by atoms with E-state index in [1.54, 1.807) is 0 Å². The van der Waals surface area contributed by atoms with Gasteiger partial charge in [0.2, 0.25) is 5.91 Å². The van der Waals surface area contributed by atoms with Gasteiger partial charge in [0.15, 0.2) is 0 Å². The van der Waals surface area contributed by atoms with Crippen molar-refractivity contribution in [3.05, 3.63) is 29.1 Å². The lowest BCUT2D eigenvalue weighted by atomic mass is 9.94. The van der Waals surface area contributed by atoms with Crippen molar-refractivity contribution in [2.24, 2.45) is 17.6 Å². The summed E-state index contributed by atoms with van der Waals surface area (Å²) in [5, 5.41) is 2.51. The van der Waals surface area contributed by atoms with Gasteiger partial charge in [0, 0.05) is 6.42 Å². The van der Waals surface area contributed by atoms with Crippen LogP contribution in [0.5, 0.6) is 0 Å². The van der Waals surface area contributed by atoms with Gasteiger partial charge in [-0.1, -0.05) is 13.8 Å². The van der Waals surface area contributed by atoms with Gasteiger partial charge in [0.25, 0.3) is 0 Å². The maximum absolute atomic E-state index is 13.2. The van der Waals surface area contributed by atoms with Gasteiger partial charge >= 0.3 is 12.4 Å². The molecule has 0 bridgehead atoms. The Morgan fingerprint density at radius 1 is 1.17 bits per heavy atom. The highest BCUT2D eigenvalue weighted by Crippen LogP contribution is 2.39. The molecule has 5 nitrogen and oxygen atoms in total. The molecule has 2 rings (SSSR count). The third kappa shape index (κ3) is 6.09. The summed E-state index contributed by atoms with van der Waals surface area (Å²) in [4.78, 5) is 18.2. The van der Waals surface area contributed by atoms with Crippen molar-refractivity contribution in [2.45, 2.75) is 45.6 Å². The number of amides is 1. The number of nitrogens with one attached hydrogen (secondary N) is 2. The van der Waals surface area contributed by atoms with Crippen molar-refractivity contribution in [3.8, 4) is 0 Å². The van der Waals surface area contributed by atoms with Crippen LogP contribution in [0, 0.1) is 11.8 Å². The first-order chi connectivity index (χ1) is 13.3. The summed E-state index contributed by atoms with van der Waals surface area (Å²) < 4.78 is 78.3. The average molecular weight is 424 g/mol. The van der Waals surface area contributed by atoms with E-state index < -0.39 is 34.5 Å². The Balaban J connectivity index is 2.22. The molecular weight excluding hydrogens is 402 g/mol. The minimum Gasteiger partial charge on any atom is -0.349 e. The van der Waals surface area contributed by atoms with Crippen molar-refractivity contribution >= 4 is 16.9 Å². The van der Waals surface area contributed by atoms with Gasteiger partial charge < -0.3 is 16.0 Å². The van der Waals surface area contributed by atoms with Crippen LogP contribution >= 0.6 is 0 Å². The fourth-order valence-corrected chi connectivity index (χ4v) is 3.08. The van der Waals surface area contributed by atoms with E-state index in [4.69, 9.17) is 5.73 Å². The number of benzene rings is 1. The second-order valence-electron chi connectivity index (χ2n) is 7.31. The van der Waals surface area contributed by atoms with Crippen LogP contribution in [0.1, 0.15) is 43.6 Å². The summed E-state index contributed by atoms with van der Waals surface area (Å²) in [6.07, 6.45) is -9.07. The number of rotatable bonds is 7. The molecule has 0 radical (unpaired) electrons. The topological polar surface area (TPSA) is 83.8 Å². The van der Waals surface area contributed by atoms with E-state index in [1.165, 1.54) is 0 Å². The molecule has 0 spiro atoms. The molecule has 0 aliphatic carbocycles. The Morgan fingerprint density at radius 2 is 1.83 bits per heavy atom. The molecule has 0 aliphatic rings. The van der Waals surface area contributed by atoms with E-state index in [-0.39, 0.29) is 36.7 Å². The molecule has 11 heteroatoms. The Morgan fingerprint density at radius 3 is 2.34 bits per heavy atom. The molecule has 0 saturated heterocycles. The van der Waals surface area contributed by atoms with Crippen LogP contribution < -0.4 is 11.1 Å². The number of imidazole rings is 1. The minimum atomic E-state index is -5.00. The molecule has 1 aromatic heterocycles. The van der Waals surface area contributed by atoms with Gasteiger partial charge in [-0.2, -0.15) is 26.3 Å². The molecule has 1 aromatic carbocycles. The molecule has 1 atom stereocenters. The molecule has 1 unspecified atom stereocenters. The number of nitrogens with two attached hydrogens (primary N) is 1. The second-order valence-corrected chi connectivity index (χ2v) is 7.31. The number of alkyl halides is 6. The number of carbonyl (C=O) groups excluding carboxylic acids is 1. The lowest BCUT2D eigenvalue weighted by Gasteiger charge is -2.16. The Bertz CT molecular complexity index is 856. The summed E-state index contributed by atoms with van der Waals surface area (Å²) >= 11 is 0. The highest BCUT2D eigenvalue weighted by Gasteiger charge is 2.39. The van der Waals surface area contributed by atoms with E-state index in [2.05, 4.69) is 15.3 Å². The Labute approximate surface area is 163 Å². The number of aromatic nitrogens is 2. The van der Waals surface area contributed by atoms with E-state index in [0.717, 1.165) is 6.42 Å². The first kappa shape index (κ1) is 23.0. The predicted molar refractivity (Wildman–Crippen MR) is 94.6 cm³/mol. The average Bonchev–Trinajstić information content (AvgIpc) is 2.99. The maximum Gasteiger partial charge on any atom is 0.418 e. The third-order valence-electron chi connectivity index (χ3n) is 4.34. The van der Waals surface area contributed by atoms with Crippen molar-refractivity contribution in [1.29, 1.82) is 0 Å². The van der Waals surface area contributed by atoms with Gasteiger partial charge in [0.05, 0.1) is 28.7 Å². The lowest BCUT2D eigenvalue weighted by molar-refractivity contribution is -0.142. The molecule has 29 heavy (non-hydrogen) atoms. The van der Waals surface area contributed by atoms with Crippen molar-refractivity contribution in [3.63, 3.8) is 0 Å². The smallest absolute Gasteiger partial charge is 0.349 e. The molecule has 4 N–H and O–H groups in total. The zero-order chi connectivity index (χ0) is 22.0. The van der Waals surface area contributed by atoms with Crippen LogP contribution in [0.2, 0.25) is 0 Å². The quantitative estimate of drug-likeness (QED) is 0.582. The van der Waals surface area contributed by atoms with Gasteiger partial charge in [-0.05, 0) is 36.9 Å². The van der Waals surface area contributed by atoms with E-state index >= 15 is 0 Å². The van der Waals surface area contributed by atoms with Crippen LogP contribution in [0.4, 0.5) is 26.3 Å². The summed E-state index contributed by atoms with van der Waals surface area (Å²) in [6.45, 7) is 4.04. The molecule has 2 aromatic rings. The fraction of sp³-hybridized carbons (Fsp3) is 0.556. The van der Waals surface area contributed by atoms with Gasteiger partial charge in [-0.15, -0.1) is 0 Å². The summed E-state index contributed by atoms with van der Waals surface area (Å²) in [5.74, 6) is -0.146. The van der Waals surface area contributed by atoms with Crippen LogP contribution in [0.25, 0.3) is 11.0 Å². The number of hydrogen-bond acceptors (Lipinski definition) is 3. The van der Waals surface area contributed by atoms with Gasteiger partial charge in [-0.3, -0.25) is 4.79 Å². The van der Waals surface area contributed by atoms with Crippen LogP contribution in [-0.2, 0) is 23.7 Å². The lowest BCUT2D eigenvalue weighted by Crippen LogP contribution is -2.28. The zero-order valence-corrected chi connectivity index (χ0v) is 15.8. The number of carbonyl (C=O) groups is 1. The standard InChI is InChI=1S/C18H22F6N4O/c1-9(2)3-10(7-25)4-15(29)26-8-14-27-13-6-11(17(19,20)21)5-12(16(13)28-14)18(22,23)24/h5-6,9-10H,3-4,7-8,25H2,1-2H3,(H,26,29)(H,27,28). The summed E-state index contributed by atoms with van der Waals surface area (Å²) in [7, 11) is 0. The number of aromatic amines is 1. The first-order valence-corrected chi connectivity index (χ1v) is 8.95. The van der Waals surface area contributed by atoms with Crippen molar-refractivity contribution in [1.82, 2.24) is 15.3 Å². The molecule has 0 fully saturated rings. The largest absolute Gasteiger partial charge is 0.418 e. The van der Waals surface area contributed by atoms with Crippen LogP contribution in [0.15, 0.2) is 12.1 Å². The number of hydrogen-bond donors (Lipinski definition) is 3. The molecule has 1 heterocycles. The van der Waals surface area contributed by atoms with Gasteiger partial charge in [0.1, 0.15) is 5.82 Å². The predicted octanol–water partition coefficient (Wildman–Crippen LogP) is 4.23. The monoisotopic (exact) mass is 424 g/mol. The van der Waals surface area contributed by atoms with E-state index in [1.807, 2.05) is 13.8 Å². The second kappa shape index (κ2) is 8.60. The van der Waals surface area contributed by atoms with Gasteiger partial charge in [-0.25, -0.2) is 4.98 Å². The third-order valence-corrected chi connectivity index (χ3v) is 4.34. The maximum atomic E-state index is 13.2. The Kier molecular flexibility index (Phi) is 6.82. The molecule has 0 aliphatic heterocycles. The van der Waals surface area contributed by atoms with E-state index in [0.29, 0.717) is 18.5 Å². The number of nitrogens with zero attached hydrogens (tertiary/aromatic N) is 1. The molecule has 1 amide bonds. The summed E-state index contributed by atoms with van der Waals surface area (Å²) in [6, 6.07) is 0.583. The minimum absolute atomic E-state index is 0.0423. The highest BCUT2D eigenvalue weighted by atomic mass is 19.4. The van der Waals surface area contributed by atoms with Crippen LogP contribution in [-0.4, -0.2) is 22.4 Å². The number of halogens is 6. The number of fused-ring (bicyclic) bond motifs is 1. The van der Waals surface area contributed by atoms with Crippen molar-refractivity contribution < 1.29 is 31.1 Å². The SMILES string of the molecule is CC(C)CC(CN)CC(=O)NCc1nc2cc(C(F)(F)F)cc(C(F)(F)F)c2[nH]1. The molecule has 0 saturated carbocycles. The first-order valence-electron chi connectivity index (χ1n) is 8.95. The fourth-order valence-electron chi connectivity index (χ4n) is 3.08. The normalized spacial score (nSPS) is 13.9. The Hall–Kier alpha value is -2.30.